The van der Waals surface area contributed by atoms with Crippen molar-refractivity contribution in [3.8, 4) is 0 Å². The van der Waals surface area contributed by atoms with Gasteiger partial charge in [-0.05, 0) is 96.5 Å². The fourth-order valence-electron chi connectivity index (χ4n) is 3.62. The van der Waals surface area contributed by atoms with Gasteiger partial charge < -0.3 is 16.9 Å². The summed E-state index contributed by atoms with van der Waals surface area (Å²) in [7, 11) is -15.5. The lowest BCUT2D eigenvalue weighted by molar-refractivity contribution is 0.361. The Morgan fingerprint density at radius 3 is 1.15 bits per heavy atom. The van der Waals surface area contributed by atoms with Crippen molar-refractivity contribution in [1.29, 1.82) is 0 Å². The molecule has 0 saturated carbocycles. The van der Waals surface area contributed by atoms with Crippen LogP contribution in [0.2, 0.25) is 78.6 Å². The number of hydrogen-bond donors (Lipinski definition) is 0. The highest BCUT2D eigenvalue weighted by atomic mass is 31.2. The van der Waals surface area contributed by atoms with Crippen molar-refractivity contribution >= 4 is 48.5 Å². The minimum absolute atomic E-state index is 0.199. The quantitative estimate of drug-likeness (QED) is 0.161. The first-order valence-electron chi connectivity index (χ1n) is 12.0. The second kappa shape index (κ2) is 11.8. The maximum absolute atomic E-state index is 14.2. The Balaban J connectivity index is 3.44. The van der Waals surface area contributed by atoms with Crippen LogP contribution in [0.3, 0.4) is 0 Å². The minimum Gasteiger partial charge on any atom is -0.352 e. The van der Waals surface area contributed by atoms with Gasteiger partial charge in [0, 0.05) is 0 Å². The molecule has 1 aromatic carbocycles. The molecular formula is C22H48O6P2Si4. The average Bonchev–Trinajstić information content (AvgIpc) is 2.46. The standard InChI is InChI=1S/C22H48O6P2Si4/c1-31(2,3)25-29(23,26-32(4,5)6)19-22(18-21-16-14-13-15-17-21)20-30(24,27-33(7,8)9)28-34(10,11)12/h13-17,22H,18-20H2,1-12H3. The van der Waals surface area contributed by atoms with E-state index < -0.39 is 48.5 Å². The molecule has 0 heterocycles. The van der Waals surface area contributed by atoms with Crippen LogP contribution in [0, 0.1) is 5.92 Å². The van der Waals surface area contributed by atoms with Gasteiger partial charge in [0.1, 0.15) is 0 Å². The smallest absolute Gasteiger partial charge is 0.311 e. The van der Waals surface area contributed by atoms with E-state index in [1.54, 1.807) is 0 Å². The van der Waals surface area contributed by atoms with E-state index >= 15 is 0 Å². The Morgan fingerprint density at radius 1 is 0.588 bits per heavy atom. The lowest BCUT2D eigenvalue weighted by Crippen LogP contribution is -2.34. The zero-order valence-corrected chi connectivity index (χ0v) is 29.2. The molecule has 0 saturated heterocycles. The molecule has 1 aromatic rings. The van der Waals surface area contributed by atoms with Crippen molar-refractivity contribution in [2.45, 2.75) is 85.0 Å². The Hall–Kier alpha value is 0.388. The Kier molecular flexibility index (Phi) is 11.3. The highest BCUT2D eigenvalue weighted by Crippen LogP contribution is 2.59. The van der Waals surface area contributed by atoms with Gasteiger partial charge >= 0.3 is 15.2 Å². The SMILES string of the molecule is C[Si](C)(C)OP(=O)(CC(Cc1ccccc1)CP(=O)(O[Si](C)(C)C)O[Si](C)(C)C)O[Si](C)(C)C. The molecule has 0 aliphatic heterocycles. The second-order valence-electron chi connectivity index (χ2n) is 13.0. The zero-order chi connectivity index (χ0) is 26.6. The Labute approximate surface area is 213 Å². The monoisotopic (exact) mass is 582 g/mol. The maximum Gasteiger partial charge on any atom is 0.311 e. The first kappa shape index (κ1) is 32.4. The van der Waals surface area contributed by atoms with E-state index in [0.717, 1.165) is 5.56 Å². The van der Waals surface area contributed by atoms with E-state index in [4.69, 9.17) is 16.9 Å². The van der Waals surface area contributed by atoms with Crippen LogP contribution in [0.4, 0.5) is 0 Å². The van der Waals surface area contributed by atoms with Gasteiger partial charge in [0.25, 0.3) is 0 Å². The van der Waals surface area contributed by atoms with Gasteiger partial charge in [-0.25, -0.2) is 0 Å². The van der Waals surface area contributed by atoms with Crippen molar-refractivity contribution in [1.82, 2.24) is 0 Å². The molecule has 0 radical (unpaired) electrons. The predicted molar refractivity (Wildman–Crippen MR) is 156 cm³/mol. The molecule has 12 heteroatoms. The topological polar surface area (TPSA) is 71.1 Å². The van der Waals surface area contributed by atoms with Crippen molar-refractivity contribution in [3.63, 3.8) is 0 Å². The molecular weight excluding hydrogens is 535 g/mol. The van der Waals surface area contributed by atoms with Crippen molar-refractivity contribution < 1.29 is 26.0 Å². The zero-order valence-electron chi connectivity index (χ0n) is 23.4. The highest BCUT2D eigenvalue weighted by molar-refractivity contribution is 7.58. The van der Waals surface area contributed by atoms with Gasteiger partial charge in [-0.3, -0.25) is 9.13 Å². The van der Waals surface area contributed by atoms with Crippen molar-refractivity contribution in [2.75, 3.05) is 12.3 Å². The maximum atomic E-state index is 14.2. The third-order valence-electron chi connectivity index (χ3n) is 3.98. The molecule has 198 valence electrons. The fraction of sp³-hybridized carbons (Fsp3) is 0.727. The predicted octanol–water partition coefficient (Wildman–Crippen LogP) is 8.64. The summed E-state index contributed by atoms with van der Waals surface area (Å²) in [5, 5.41) is 0. The van der Waals surface area contributed by atoms with Gasteiger partial charge in [-0.1, -0.05) is 30.3 Å². The molecule has 6 nitrogen and oxygen atoms in total. The number of benzene rings is 1. The van der Waals surface area contributed by atoms with Crippen LogP contribution in [-0.4, -0.2) is 45.6 Å². The largest absolute Gasteiger partial charge is 0.352 e. The van der Waals surface area contributed by atoms with E-state index in [-0.39, 0.29) is 18.2 Å². The third kappa shape index (κ3) is 14.8. The molecule has 34 heavy (non-hydrogen) atoms. The van der Waals surface area contributed by atoms with Crippen LogP contribution >= 0.6 is 15.2 Å². The molecule has 1 rings (SSSR count). The first-order valence-corrected chi connectivity index (χ1v) is 29.1. The average molecular weight is 583 g/mol. The molecule has 0 atom stereocenters. The Bertz CT molecular complexity index is 779. The lowest BCUT2D eigenvalue weighted by Gasteiger charge is -2.36. The van der Waals surface area contributed by atoms with Crippen LogP contribution in [0.5, 0.6) is 0 Å². The summed E-state index contributed by atoms with van der Waals surface area (Å²) in [5.41, 5.74) is 1.09. The highest BCUT2D eigenvalue weighted by Gasteiger charge is 2.43. The molecule has 0 aliphatic rings. The lowest BCUT2D eigenvalue weighted by atomic mass is 10.0. The molecule has 0 aliphatic carbocycles. The normalized spacial score (nSPS) is 14.6. The fourth-order valence-corrected chi connectivity index (χ4v) is 21.1. The summed E-state index contributed by atoms with van der Waals surface area (Å²) in [4.78, 5) is 0. The van der Waals surface area contributed by atoms with Crippen molar-refractivity contribution in [3.05, 3.63) is 35.9 Å². The number of rotatable bonds is 14. The summed E-state index contributed by atoms with van der Waals surface area (Å²) >= 11 is 0. The van der Waals surface area contributed by atoms with Gasteiger partial charge in [-0.15, -0.1) is 0 Å². The van der Waals surface area contributed by atoms with Crippen LogP contribution in [0.25, 0.3) is 0 Å². The summed E-state index contributed by atoms with van der Waals surface area (Å²) in [5.74, 6) is -0.237. The first-order chi connectivity index (χ1) is 15.0. The Morgan fingerprint density at radius 2 is 0.882 bits per heavy atom. The van der Waals surface area contributed by atoms with Crippen LogP contribution in [0.15, 0.2) is 30.3 Å². The van der Waals surface area contributed by atoms with Crippen LogP contribution in [-0.2, 0) is 32.4 Å². The molecule has 0 bridgehead atoms. The second-order valence-corrected chi connectivity index (χ2v) is 36.0. The van der Waals surface area contributed by atoms with Gasteiger partial charge in [0.2, 0.25) is 0 Å². The van der Waals surface area contributed by atoms with Crippen LogP contribution in [0.1, 0.15) is 5.56 Å². The molecule has 0 aromatic heterocycles. The van der Waals surface area contributed by atoms with E-state index in [2.05, 4.69) is 0 Å². The van der Waals surface area contributed by atoms with E-state index in [1.165, 1.54) is 0 Å². The summed E-state index contributed by atoms with van der Waals surface area (Å²) in [6.45, 7) is 24.2. The molecule has 0 fully saturated rings. The van der Waals surface area contributed by atoms with Gasteiger partial charge in [0.15, 0.2) is 33.3 Å². The summed E-state index contributed by atoms with van der Waals surface area (Å²) in [6, 6.07) is 10.0. The minimum atomic E-state index is -3.43. The molecule has 0 unspecified atom stereocenters. The molecule has 0 spiro atoms. The summed E-state index contributed by atoms with van der Waals surface area (Å²) < 4.78 is 53.3. The van der Waals surface area contributed by atoms with Crippen LogP contribution < -0.4 is 0 Å². The van der Waals surface area contributed by atoms with E-state index in [1.807, 2.05) is 109 Å². The molecule has 0 N–H and O–H groups in total. The van der Waals surface area contributed by atoms with Gasteiger partial charge in [-0.2, -0.15) is 0 Å². The van der Waals surface area contributed by atoms with Crippen molar-refractivity contribution in [2.24, 2.45) is 5.92 Å². The van der Waals surface area contributed by atoms with Gasteiger partial charge in [0.05, 0.1) is 12.3 Å². The molecule has 0 amide bonds. The van der Waals surface area contributed by atoms with E-state index in [0.29, 0.717) is 6.42 Å². The number of hydrogen-bond acceptors (Lipinski definition) is 6. The van der Waals surface area contributed by atoms with E-state index in [9.17, 15) is 9.13 Å². The summed E-state index contributed by atoms with van der Waals surface area (Å²) in [6.07, 6.45) is 0.998. The third-order valence-corrected chi connectivity index (χ3v) is 19.1.